The number of nitriles is 1. The number of allylic oxidation sites excluding steroid dienone is 1. The monoisotopic (exact) mass is 396 g/mol. The summed E-state index contributed by atoms with van der Waals surface area (Å²) >= 11 is 0. The van der Waals surface area contributed by atoms with Gasteiger partial charge in [0.2, 0.25) is 5.88 Å². The van der Waals surface area contributed by atoms with E-state index in [-0.39, 0.29) is 47.2 Å². The number of nitrogens with zero attached hydrogens (tertiary/aromatic N) is 3. The van der Waals surface area contributed by atoms with E-state index in [2.05, 4.69) is 0 Å². The van der Waals surface area contributed by atoms with Gasteiger partial charge in [0.05, 0.1) is 23.0 Å². The highest BCUT2D eigenvalue weighted by Crippen LogP contribution is 2.43. The number of hydrogen-bond acceptors (Lipinski definition) is 7. The number of rotatable bonds is 6. The Morgan fingerprint density at radius 3 is 2.76 bits per heavy atom. The van der Waals surface area contributed by atoms with Gasteiger partial charge in [-0.3, -0.25) is 14.9 Å². The van der Waals surface area contributed by atoms with E-state index < -0.39 is 16.4 Å². The predicted octanol–water partition coefficient (Wildman–Crippen LogP) is 1.92. The minimum Gasteiger partial charge on any atom is -0.440 e. The summed E-state index contributed by atoms with van der Waals surface area (Å²) in [6.07, 6.45) is 1.32. The zero-order valence-electron chi connectivity index (χ0n) is 15.8. The van der Waals surface area contributed by atoms with Crippen molar-refractivity contribution in [2.75, 3.05) is 6.61 Å². The van der Waals surface area contributed by atoms with Crippen LogP contribution >= 0.6 is 0 Å². The first-order chi connectivity index (χ1) is 13.9. The highest BCUT2D eigenvalue weighted by molar-refractivity contribution is 5.59. The number of ether oxygens (including phenoxy) is 1. The van der Waals surface area contributed by atoms with Crippen LogP contribution in [0.2, 0.25) is 0 Å². The molecule has 1 aliphatic rings. The molecule has 0 saturated heterocycles. The predicted molar refractivity (Wildman–Crippen MR) is 104 cm³/mol. The number of aliphatic hydroxyl groups excluding tert-OH is 1. The van der Waals surface area contributed by atoms with Gasteiger partial charge in [0, 0.05) is 29.9 Å². The van der Waals surface area contributed by atoms with E-state index in [1.165, 1.54) is 22.8 Å². The van der Waals surface area contributed by atoms with Gasteiger partial charge in [-0.2, -0.15) is 5.26 Å². The van der Waals surface area contributed by atoms with E-state index in [0.29, 0.717) is 12.1 Å². The molecule has 3 rings (SSSR count). The molecule has 1 atom stereocenters. The molecule has 150 valence electrons. The molecule has 0 fully saturated rings. The van der Waals surface area contributed by atoms with Gasteiger partial charge in [0.1, 0.15) is 17.4 Å². The molecule has 9 nitrogen and oxygen atoms in total. The van der Waals surface area contributed by atoms with Crippen LogP contribution in [0.15, 0.2) is 46.6 Å². The van der Waals surface area contributed by atoms with E-state index in [1.54, 1.807) is 12.1 Å². The number of para-hydroxylation sites is 1. The van der Waals surface area contributed by atoms with Crippen molar-refractivity contribution in [3.63, 3.8) is 0 Å². The maximum Gasteiger partial charge on any atom is 0.273 e. The second-order valence-electron chi connectivity index (χ2n) is 6.58. The van der Waals surface area contributed by atoms with Crippen molar-refractivity contribution in [1.82, 2.24) is 4.57 Å². The number of hydrogen-bond donors (Lipinski definition) is 2. The van der Waals surface area contributed by atoms with Gasteiger partial charge in [-0.1, -0.05) is 31.5 Å². The first kappa shape index (κ1) is 20.1. The number of aryl methyl sites for hydroxylation is 1. The standard InChI is InChI=1S/C20H20N4O5/c1-2-5-12-10-16-18(20(26)23(12)8-9-25)17(14(11-21)19(22)29-16)13-6-3-4-7-15(13)24(27)28/h3-4,6-7,10,17,25H,2,5,8-9,22H2,1H3. The van der Waals surface area contributed by atoms with Crippen molar-refractivity contribution < 1.29 is 14.8 Å². The Hall–Kier alpha value is -3.64. The fraction of sp³-hybridized carbons (Fsp3) is 0.300. The van der Waals surface area contributed by atoms with Gasteiger partial charge in [-0.05, 0) is 6.42 Å². The summed E-state index contributed by atoms with van der Waals surface area (Å²) in [6, 6.07) is 9.51. The Kier molecular flexibility index (Phi) is 5.66. The minimum absolute atomic E-state index is 0.0616. The van der Waals surface area contributed by atoms with Crippen molar-refractivity contribution >= 4 is 5.69 Å². The number of aliphatic hydroxyl groups is 1. The Morgan fingerprint density at radius 2 is 2.14 bits per heavy atom. The number of nitro groups is 1. The van der Waals surface area contributed by atoms with E-state index in [9.17, 15) is 25.3 Å². The number of nitro benzene ring substituents is 1. The Balaban J connectivity index is 2.37. The smallest absolute Gasteiger partial charge is 0.273 e. The van der Waals surface area contributed by atoms with E-state index >= 15 is 0 Å². The van der Waals surface area contributed by atoms with Crippen LogP contribution < -0.4 is 16.0 Å². The molecule has 0 amide bonds. The molecule has 9 heteroatoms. The molecule has 0 aliphatic carbocycles. The quantitative estimate of drug-likeness (QED) is 0.560. The zero-order valence-corrected chi connectivity index (χ0v) is 15.8. The van der Waals surface area contributed by atoms with Gasteiger partial charge < -0.3 is 20.1 Å². The average molecular weight is 396 g/mol. The van der Waals surface area contributed by atoms with Crippen LogP contribution in [0.25, 0.3) is 0 Å². The number of aromatic nitrogens is 1. The number of nitrogens with two attached hydrogens (primary N) is 1. The fourth-order valence-corrected chi connectivity index (χ4v) is 3.64. The molecule has 0 bridgehead atoms. The lowest BCUT2D eigenvalue weighted by Gasteiger charge is -2.27. The van der Waals surface area contributed by atoms with Gasteiger partial charge in [0.15, 0.2) is 0 Å². The fourth-order valence-electron chi connectivity index (χ4n) is 3.64. The minimum atomic E-state index is -1.04. The van der Waals surface area contributed by atoms with Crippen LogP contribution in [0.4, 0.5) is 5.69 Å². The highest BCUT2D eigenvalue weighted by atomic mass is 16.6. The molecule has 0 saturated carbocycles. The summed E-state index contributed by atoms with van der Waals surface area (Å²) in [6.45, 7) is 1.76. The Labute approximate surface area is 166 Å². The topological polar surface area (TPSA) is 144 Å². The maximum atomic E-state index is 13.4. The molecular formula is C20H20N4O5. The first-order valence-corrected chi connectivity index (χ1v) is 9.12. The van der Waals surface area contributed by atoms with Crippen molar-refractivity contribution in [3.05, 3.63) is 79.1 Å². The molecule has 1 aliphatic heterocycles. The number of benzene rings is 1. The lowest BCUT2D eigenvalue weighted by atomic mass is 9.83. The van der Waals surface area contributed by atoms with Gasteiger partial charge in [-0.25, -0.2) is 0 Å². The van der Waals surface area contributed by atoms with Crippen LogP contribution in [0.3, 0.4) is 0 Å². The maximum absolute atomic E-state index is 13.4. The van der Waals surface area contributed by atoms with Crippen molar-refractivity contribution in [2.45, 2.75) is 32.2 Å². The third-order valence-electron chi connectivity index (χ3n) is 4.84. The molecule has 0 radical (unpaired) electrons. The van der Waals surface area contributed by atoms with E-state index in [0.717, 1.165) is 6.42 Å². The highest BCUT2D eigenvalue weighted by Gasteiger charge is 2.37. The summed E-state index contributed by atoms with van der Waals surface area (Å²) in [7, 11) is 0. The van der Waals surface area contributed by atoms with Crippen molar-refractivity contribution in [1.29, 1.82) is 5.26 Å². The lowest BCUT2D eigenvalue weighted by molar-refractivity contribution is -0.385. The SMILES string of the molecule is CCCc1cc2c(c(=O)n1CCO)C(c1ccccc1[N+](=O)[O-])C(C#N)=C(N)O2. The third kappa shape index (κ3) is 3.46. The zero-order chi connectivity index (χ0) is 21.1. The van der Waals surface area contributed by atoms with Crippen molar-refractivity contribution in [3.8, 4) is 11.8 Å². The molecular weight excluding hydrogens is 376 g/mol. The van der Waals surface area contributed by atoms with Crippen LogP contribution in [0.1, 0.15) is 36.1 Å². The number of pyridine rings is 1. The van der Waals surface area contributed by atoms with Gasteiger partial charge in [-0.15, -0.1) is 0 Å². The lowest BCUT2D eigenvalue weighted by Crippen LogP contribution is -2.34. The second-order valence-corrected chi connectivity index (χ2v) is 6.58. The normalized spacial score (nSPS) is 15.4. The summed E-state index contributed by atoms with van der Waals surface area (Å²) in [5.74, 6) is -1.06. The van der Waals surface area contributed by atoms with Crippen LogP contribution in [-0.2, 0) is 13.0 Å². The average Bonchev–Trinajstić information content (AvgIpc) is 2.70. The van der Waals surface area contributed by atoms with Gasteiger partial charge >= 0.3 is 0 Å². The summed E-state index contributed by atoms with van der Waals surface area (Å²) in [4.78, 5) is 24.4. The van der Waals surface area contributed by atoms with Gasteiger partial charge in [0.25, 0.3) is 11.2 Å². The Morgan fingerprint density at radius 1 is 1.41 bits per heavy atom. The Bertz CT molecular complexity index is 1100. The molecule has 3 N–H and O–H groups in total. The second kappa shape index (κ2) is 8.16. The summed E-state index contributed by atoms with van der Waals surface area (Å²) in [5.41, 5.74) is 6.11. The summed E-state index contributed by atoms with van der Waals surface area (Å²) in [5, 5.41) is 30.7. The first-order valence-electron chi connectivity index (χ1n) is 9.12. The molecule has 0 spiro atoms. The third-order valence-corrected chi connectivity index (χ3v) is 4.84. The van der Waals surface area contributed by atoms with Crippen molar-refractivity contribution in [2.24, 2.45) is 5.73 Å². The molecule has 29 heavy (non-hydrogen) atoms. The van der Waals surface area contributed by atoms with E-state index in [4.69, 9.17) is 10.5 Å². The molecule has 2 aromatic rings. The molecule has 1 aromatic heterocycles. The largest absolute Gasteiger partial charge is 0.440 e. The van der Waals surface area contributed by atoms with Crippen LogP contribution in [0, 0.1) is 21.4 Å². The molecule has 1 aromatic carbocycles. The van der Waals surface area contributed by atoms with Crippen LogP contribution in [-0.4, -0.2) is 21.2 Å². The van der Waals surface area contributed by atoms with Crippen LogP contribution in [0.5, 0.6) is 5.75 Å². The summed E-state index contributed by atoms with van der Waals surface area (Å²) < 4.78 is 7.00. The number of fused-ring (bicyclic) bond motifs is 1. The molecule has 1 unspecified atom stereocenters. The molecule has 2 heterocycles. The van der Waals surface area contributed by atoms with E-state index in [1.807, 2.05) is 13.0 Å².